The third-order valence-corrected chi connectivity index (χ3v) is 5.30. The second-order valence-electron chi connectivity index (χ2n) is 7.85. The summed E-state index contributed by atoms with van der Waals surface area (Å²) >= 11 is 0. The van der Waals surface area contributed by atoms with Gasteiger partial charge in [-0.25, -0.2) is 0 Å². The van der Waals surface area contributed by atoms with E-state index in [1.807, 2.05) is 6.08 Å². The number of allylic oxidation sites excluding steroid dienone is 1. The molecule has 0 aromatic heterocycles. The highest BCUT2D eigenvalue weighted by Gasteiger charge is 2.13. The Morgan fingerprint density at radius 3 is 2.10 bits per heavy atom. The van der Waals surface area contributed by atoms with Gasteiger partial charge in [-0.15, -0.1) is 6.58 Å². The summed E-state index contributed by atoms with van der Waals surface area (Å²) in [5.41, 5.74) is 10.1. The van der Waals surface area contributed by atoms with Gasteiger partial charge in [-0.1, -0.05) is 90.0 Å². The van der Waals surface area contributed by atoms with Crippen LogP contribution in [0.25, 0.3) is 6.08 Å². The van der Waals surface area contributed by atoms with Crippen molar-refractivity contribution in [2.24, 2.45) is 0 Å². The average Bonchev–Trinajstić information content (AvgIpc) is 2.67. The molecule has 1 N–H and O–H groups in total. The normalized spacial score (nSPS) is 12.1. The number of hydrogen-bond donors (Lipinski definition) is 1. The predicted molar refractivity (Wildman–Crippen MR) is 128 cm³/mol. The third-order valence-electron chi connectivity index (χ3n) is 5.30. The molecule has 3 aromatic carbocycles. The van der Waals surface area contributed by atoms with Gasteiger partial charge in [-0.3, -0.25) is 0 Å². The molecule has 1 nitrogen and oxygen atoms in total. The van der Waals surface area contributed by atoms with Crippen molar-refractivity contribution >= 4 is 11.8 Å². The Labute approximate surface area is 175 Å². The molecule has 1 unspecified atom stereocenters. The molecule has 0 spiro atoms. The molecule has 3 aromatic rings. The zero-order chi connectivity index (χ0) is 20.8. The van der Waals surface area contributed by atoms with E-state index in [9.17, 15) is 0 Å². The summed E-state index contributed by atoms with van der Waals surface area (Å²) < 4.78 is 0. The van der Waals surface area contributed by atoms with Crippen LogP contribution in [0.2, 0.25) is 0 Å². The van der Waals surface area contributed by atoms with E-state index < -0.39 is 0 Å². The van der Waals surface area contributed by atoms with Gasteiger partial charge < -0.3 is 5.32 Å². The third kappa shape index (κ3) is 5.26. The zero-order valence-electron chi connectivity index (χ0n) is 18.0. The van der Waals surface area contributed by atoms with Crippen LogP contribution in [0.15, 0.2) is 79.4 Å². The van der Waals surface area contributed by atoms with Gasteiger partial charge >= 0.3 is 0 Å². The zero-order valence-corrected chi connectivity index (χ0v) is 18.0. The maximum absolute atomic E-state index is 4.10. The van der Waals surface area contributed by atoms with Crippen molar-refractivity contribution in [3.8, 4) is 0 Å². The van der Waals surface area contributed by atoms with Crippen molar-refractivity contribution in [1.29, 1.82) is 0 Å². The van der Waals surface area contributed by atoms with Gasteiger partial charge in [0.1, 0.15) is 0 Å². The van der Waals surface area contributed by atoms with Crippen LogP contribution in [0.5, 0.6) is 0 Å². The molecule has 0 bridgehead atoms. The minimum Gasteiger partial charge on any atom is -0.381 e. The molecule has 0 saturated heterocycles. The van der Waals surface area contributed by atoms with Crippen molar-refractivity contribution in [1.82, 2.24) is 0 Å². The maximum atomic E-state index is 4.10. The highest BCUT2D eigenvalue weighted by Crippen LogP contribution is 2.31. The van der Waals surface area contributed by atoms with Crippen LogP contribution in [0.3, 0.4) is 0 Å². The summed E-state index contributed by atoms with van der Waals surface area (Å²) in [6.45, 7) is 13.5. The molecular formula is C28H31N. The number of anilines is 1. The van der Waals surface area contributed by atoms with E-state index in [-0.39, 0.29) is 5.92 Å². The second kappa shape index (κ2) is 9.43. The first-order chi connectivity index (χ1) is 14.0. The molecule has 0 saturated carbocycles. The van der Waals surface area contributed by atoms with E-state index >= 15 is 0 Å². The lowest BCUT2D eigenvalue weighted by atomic mass is 9.88. The Hall–Kier alpha value is -3.06. The monoisotopic (exact) mass is 381 g/mol. The molecule has 3 rings (SSSR count). The summed E-state index contributed by atoms with van der Waals surface area (Å²) in [7, 11) is 0. The minimum atomic E-state index is 0.211. The molecule has 0 radical (unpaired) electrons. The molecule has 1 heteroatoms. The Kier molecular flexibility index (Phi) is 6.72. The van der Waals surface area contributed by atoms with Crippen molar-refractivity contribution < 1.29 is 0 Å². The summed E-state index contributed by atoms with van der Waals surface area (Å²) in [6.07, 6.45) is 6.39. The highest BCUT2D eigenvalue weighted by molar-refractivity contribution is 5.61. The van der Waals surface area contributed by atoms with Crippen molar-refractivity contribution in [3.05, 3.63) is 118 Å². The quantitative estimate of drug-likeness (QED) is 0.421. The van der Waals surface area contributed by atoms with E-state index in [0.29, 0.717) is 0 Å². The molecular weight excluding hydrogens is 350 g/mol. The Morgan fingerprint density at radius 2 is 1.48 bits per heavy atom. The van der Waals surface area contributed by atoms with E-state index in [0.717, 1.165) is 6.54 Å². The average molecular weight is 382 g/mol. The SMILES string of the molecule is C=CC(c1cccc(C)c1)c1cc(C)c(NC/C=C/c2cccc(C)c2)c(C)c1. The van der Waals surface area contributed by atoms with Gasteiger partial charge in [0.05, 0.1) is 0 Å². The fourth-order valence-corrected chi connectivity index (χ4v) is 3.91. The van der Waals surface area contributed by atoms with E-state index in [2.05, 4.69) is 112 Å². The van der Waals surface area contributed by atoms with Crippen LogP contribution in [0.4, 0.5) is 5.69 Å². The summed E-state index contributed by atoms with van der Waals surface area (Å²) in [6, 6.07) is 21.8. The number of benzene rings is 3. The molecule has 0 fully saturated rings. The Morgan fingerprint density at radius 1 is 0.828 bits per heavy atom. The maximum Gasteiger partial charge on any atom is 0.0402 e. The topological polar surface area (TPSA) is 12.0 Å². The molecule has 0 amide bonds. The lowest BCUT2D eigenvalue weighted by molar-refractivity contribution is 1.02. The van der Waals surface area contributed by atoms with Gasteiger partial charge in [-0.05, 0) is 55.5 Å². The smallest absolute Gasteiger partial charge is 0.0402 e. The van der Waals surface area contributed by atoms with Gasteiger partial charge in [0.2, 0.25) is 0 Å². The first-order valence-corrected chi connectivity index (χ1v) is 10.3. The Bertz CT molecular complexity index is 1000. The molecule has 148 valence electrons. The molecule has 1 atom stereocenters. The number of hydrogen-bond acceptors (Lipinski definition) is 1. The van der Waals surface area contributed by atoms with Crippen molar-refractivity contribution in [2.45, 2.75) is 33.6 Å². The second-order valence-corrected chi connectivity index (χ2v) is 7.85. The van der Waals surface area contributed by atoms with Crippen LogP contribution >= 0.6 is 0 Å². The minimum absolute atomic E-state index is 0.211. The molecule has 0 aliphatic carbocycles. The van der Waals surface area contributed by atoms with Gasteiger partial charge in [-0.2, -0.15) is 0 Å². The first kappa shape index (κ1) is 20.7. The summed E-state index contributed by atoms with van der Waals surface area (Å²) in [5.74, 6) is 0.211. The van der Waals surface area contributed by atoms with E-state index in [1.54, 1.807) is 0 Å². The predicted octanol–water partition coefficient (Wildman–Crippen LogP) is 7.36. The van der Waals surface area contributed by atoms with E-state index in [4.69, 9.17) is 0 Å². The van der Waals surface area contributed by atoms with Crippen LogP contribution in [-0.4, -0.2) is 6.54 Å². The Balaban J connectivity index is 1.75. The molecule has 29 heavy (non-hydrogen) atoms. The van der Waals surface area contributed by atoms with Crippen LogP contribution in [0.1, 0.15) is 44.9 Å². The van der Waals surface area contributed by atoms with Gasteiger partial charge in [0, 0.05) is 18.2 Å². The lowest BCUT2D eigenvalue weighted by Crippen LogP contribution is -2.05. The van der Waals surface area contributed by atoms with Gasteiger partial charge in [0.15, 0.2) is 0 Å². The van der Waals surface area contributed by atoms with Crippen LogP contribution < -0.4 is 5.32 Å². The van der Waals surface area contributed by atoms with Crippen LogP contribution in [-0.2, 0) is 0 Å². The summed E-state index contributed by atoms with van der Waals surface area (Å²) in [5, 5.41) is 3.59. The highest BCUT2D eigenvalue weighted by atomic mass is 14.9. The number of nitrogens with one attached hydrogen (secondary N) is 1. The van der Waals surface area contributed by atoms with Crippen LogP contribution in [0, 0.1) is 27.7 Å². The molecule has 0 heterocycles. The number of rotatable bonds is 7. The van der Waals surface area contributed by atoms with Crippen molar-refractivity contribution in [3.63, 3.8) is 0 Å². The van der Waals surface area contributed by atoms with E-state index in [1.165, 1.54) is 44.6 Å². The molecule has 0 aliphatic rings. The largest absolute Gasteiger partial charge is 0.381 e. The fraction of sp³-hybridized carbons (Fsp3) is 0.214. The lowest BCUT2D eigenvalue weighted by Gasteiger charge is -2.19. The number of aryl methyl sites for hydroxylation is 4. The van der Waals surface area contributed by atoms with Crippen molar-refractivity contribution in [2.75, 3.05) is 11.9 Å². The first-order valence-electron chi connectivity index (χ1n) is 10.3. The molecule has 0 aliphatic heterocycles. The van der Waals surface area contributed by atoms with Gasteiger partial charge in [0.25, 0.3) is 0 Å². The summed E-state index contributed by atoms with van der Waals surface area (Å²) in [4.78, 5) is 0. The fourth-order valence-electron chi connectivity index (χ4n) is 3.91. The standard InChI is InChI=1S/C28H31N/c1-6-27(25-14-8-11-21(3)17-25)26-18-22(4)28(23(5)19-26)29-15-9-13-24-12-7-10-20(2)16-24/h6-14,16-19,27,29H,1,15H2,2-5H3/b13-9+.